The summed E-state index contributed by atoms with van der Waals surface area (Å²) < 4.78 is 5.21. The van der Waals surface area contributed by atoms with Crippen LogP contribution in [-0.4, -0.2) is 48.9 Å². The molecule has 1 aromatic rings. The highest BCUT2D eigenvalue weighted by molar-refractivity contribution is 5.93. The van der Waals surface area contributed by atoms with Crippen molar-refractivity contribution in [1.29, 1.82) is 0 Å². The first-order chi connectivity index (χ1) is 10.7. The molecule has 1 saturated heterocycles. The zero-order valence-corrected chi connectivity index (χ0v) is 13.7. The van der Waals surface area contributed by atoms with E-state index in [0.29, 0.717) is 5.69 Å². The van der Waals surface area contributed by atoms with Gasteiger partial charge in [0, 0.05) is 37.6 Å². The summed E-state index contributed by atoms with van der Waals surface area (Å²) in [5, 5.41) is 15.1. The molecule has 0 atom stereocenters. The van der Waals surface area contributed by atoms with Crippen molar-refractivity contribution < 1.29 is 19.4 Å². The molecule has 0 saturated carbocycles. The number of carboxylic acids is 1. The van der Waals surface area contributed by atoms with Crippen LogP contribution < -0.4 is 15.5 Å². The molecule has 23 heavy (non-hydrogen) atoms. The lowest BCUT2D eigenvalue weighted by Crippen LogP contribution is -2.43. The van der Waals surface area contributed by atoms with Crippen molar-refractivity contribution in [2.45, 2.75) is 26.4 Å². The van der Waals surface area contributed by atoms with E-state index in [2.05, 4.69) is 15.5 Å². The molecule has 7 nitrogen and oxygen atoms in total. The zero-order valence-electron chi connectivity index (χ0n) is 13.7. The summed E-state index contributed by atoms with van der Waals surface area (Å²) in [4.78, 5) is 25.3. The molecule has 1 aromatic carbocycles. The summed E-state index contributed by atoms with van der Waals surface area (Å²) >= 11 is 0. The third-order valence-electron chi connectivity index (χ3n) is 3.29. The van der Waals surface area contributed by atoms with Crippen LogP contribution >= 0.6 is 0 Å². The maximum absolute atomic E-state index is 11.9. The van der Waals surface area contributed by atoms with Gasteiger partial charge in [-0.3, -0.25) is 5.32 Å². The Balaban J connectivity index is 2.22. The monoisotopic (exact) mass is 321 g/mol. The molecule has 0 unspecified atom stereocenters. The van der Waals surface area contributed by atoms with Gasteiger partial charge in [-0.2, -0.15) is 0 Å². The number of piperazine rings is 1. The van der Waals surface area contributed by atoms with E-state index in [0.717, 1.165) is 31.9 Å². The Bertz CT molecular complexity index is 589. The Labute approximate surface area is 135 Å². The standard InChI is InChI=1S/C16H23N3O4/c1-16(2,3)23-15(22)18-12-8-11(14(20)21)9-13(10-12)19-6-4-17-5-7-19/h8-10,17H,4-7H2,1-3H3,(H,18,22)(H,20,21). The summed E-state index contributed by atoms with van der Waals surface area (Å²) in [6, 6.07) is 4.81. The second-order valence-electron chi connectivity index (χ2n) is 6.44. The topological polar surface area (TPSA) is 90.9 Å². The number of anilines is 2. The molecule has 2 rings (SSSR count). The molecule has 0 radical (unpaired) electrons. The lowest BCUT2D eigenvalue weighted by atomic mass is 10.1. The Hall–Kier alpha value is -2.28. The van der Waals surface area contributed by atoms with Gasteiger partial charge in [0.05, 0.1) is 5.56 Å². The quantitative estimate of drug-likeness (QED) is 0.790. The predicted octanol–water partition coefficient (Wildman–Crippen LogP) is 2.14. The molecule has 0 aliphatic carbocycles. The van der Waals surface area contributed by atoms with E-state index in [4.69, 9.17) is 4.74 Å². The van der Waals surface area contributed by atoms with Crippen LogP contribution in [0.15, 0.2) is 18.2 Å². The molecule has 1 heterocycles. The Morgan fingerprint density at radius 1 is 1.22 bits per heavy atom. The van der Waals surface area contributed by atoms with Crippen molar-refractivity contribution >= 4 is 23.4 Å². The number of nitrogens with one attached hydrogen (secondary N) is 2. The van der Waals surface area contributed by atoms with Crippen molar-refractivity contribution in [2.24, 2.45) is 0 Å². The van der Waals surface area contributed by atoms with Gasteiger partial charge >= 0.3 is 12.1 Å². The number of carbonyl (C=O) groups excluding carboxylic acids is 1. The fraction of sp³-hybridized carbons (Fsp3) is 0.500. The van der Waals surface area contributed by atoms with Gasteiger partial charge in [0.15, 0.2) is 0 Å². The third kappa shape index (κ3) is 5.14. The Morgan fingerprint density at radius 2 is 1.87 bits per heavy atom. The molecule has 1 aliphatic rings. The third-order valence-corrected chi connectivity index (χ3v) is 3.29. The van der Waals surface area contributed by atoms with Gasteiger partial charge in [0.25, 0.3) is 0 Å². The molecule has 1 aliphatic heterocycles. The molecule has 7 heteroatoms. The van der Waals surface area contributed by atoms with Crippen molar-refractivity contribution in [3.8, 4) is 0 Å². The van der Waals surface area contributed by atoms with Gasteiger partial charge in [0.2, 0.25) is 0 Å². The minimum absolute atomic E-state index is 0.132. The zero-order chi connectivity index (χ0) is 17.0. The Morgan fingerprint density at radius 3 is 2.43 bits per heavy atom. The van der Waals surface area contributed by atoms with E-state index in [-0.39, 0.29) is 5.56 Å². The summed E-state index contributed by atoms with van der Waals surface area (Å²) in [7, 11) is 0. The normalized spacial score (nSPS) is 15.2. The van der Waals surface area contributed by atoms with E-state index < -0.39 is 17.7 Å². The second kappa shape index (κ2) is 6.87. The first kappa shape index (κ1) is 17.1. The van der Waals surface area contributed by atoms with Crippen LogP contribution in [0, 0.1) is 0 Å². The maximum Gasteiger partial charge on any atom is 0.412 e. The number of carbonyl (C=O) groups is 2. The Kier molecular flexibility index (Phi) is 5.10. The molecule has 0 spiro atoms. The van der Waals surface area contributed by atoms with Crippen molar-refractivity contribution in [3.63, 3.8) is 0 Å². The highest BCUT2D eigenvalue weighted by Gasteiger charge is 2.18. The molecule has 0 bridgehead atoms. The number of hydrogen-bond acceptors (Lipinski definition) is 5. The van der Waals surface area contributed by atoms with E-state index in [1.807, 2.05) is 0 Å². The van der Waals surface area contributed by atoms with Gasteiger partial charge < -0.3 is 20.1 Å². The number of ether oxygens (including phenoxy) is 1. The smallest absolute Gasteiger partial charge is 0.412 e. The maximum atomic E-state index is 11.9. The fourth-order valence-electron chi connectivity index (χ4n) is 2.33. The molecular formula is C16H23N3O4. The average molecular weight is 321 g/mol. The van der Waals surface area contributed by atoms with Crippen LogP contribution in [0.3, 0.4) is 0 Å². The second-order valence-corrected chi connectivity index (χ2v) is 6.44. The first-order valence-corrected chi connectivity index (χ1v) is 7.59. The van der Waals surface area contributed by atoms with Crippen LogP contribution in [-0.2, 0) is 4.74 Å². The molecular weight excluding hydrogens is 298 g/mol. The number of rotatable bonds is 3. The lowest BCUT2D eigenvalue weighted by Gasteiger charge is -2.30. The highest BCUT2D eigenvalue weighted by Crippen LogP contribution is 2.24. The van der Waals surface area contributed by atoms with Gasteiger partial charge in [-0.1, -0.05) is 0 Å². The number of carboxylic acid groups (broad SMARTS) is 1. The van der Waals surface area contributed by atoms with Gasteiger partial charge in [-0.15, -0.1) is 0 Å². The van der Waals surface area contributed by atoms with E-state index in [1.54, 1.807) is 32.9 Å². The average Bonchev–Trinajstić information content (AvgIpc) is 2.45. The van der Waals surface area contributed by atoms with Crippen molar-refractivity contribution in [3.05, 3.63) is 23.8 Å². The van der Waals surface area contributed by atoms with Crippen molar-refractivity contribution in [2.75, 3.05) is 36.4 Å². The number of benzene rings is 1. The lowest BCUT2D eigenvalue weighted by molar-refractivity contribution is 0.0633. The van der Waals surface area contributed by atoms with Crippen LogP contribution in [0.1, 0.15) is 31.1 Å². The predicted molar refractivity (Wildman–Crippen MR) is 88.3 cm³/mol. The first-order valence-electron chi connectivity index (χ1n) is 7.59. The van der Waals surface area contributed by atoms with Gasteiger partial charge in [0.1, 0.15) is 5.60 Å². The highest BCUT2D eigenvalue weighted by atomic mass is 16.6. The minimum atomic E-state index is -1.03. The fourth-order valence-corrected chi connectivity index (χ4v) is 2.33. The summed E-state index contributed by atoms with van der Waals surface area (Å²) in [6.07, 6.45) is -0.605. The SMILES string of the molecule is CC(C)(C)OC(=O)Nc1cc(C(=O)O)cc(N2CCNCC2)c1. The van der Waals surface area contributed by atoms with Gasteiger partial charge in [-0.05, 0) is 39.0 Å². The number of hydrogen-bond donors (Lipinski definition) is 3. The van der Waals surface area contributed by atoms with Crippen LogP contribution in [0.25, 0.3) is 0 Å². The number of nitrogens with zero attached hydrogens (tertiary/aromatic N) is 1. The number of aromatic carboxylic acids is 1. The van der Waals surface area contributed by atoms with Crippen molar-refractivity contribution in [1.82, 2.24) is 5.32 Å². The van der Waals surface area contributed by atoms with Crippen LogP contribution in [0.2, 0.25) is 0 Å². The molecule has 3 N–H and O–H groups in total. The molecule has 126 valence electrons. The minimum Gasteiger partial charge on any atom is -0.478 e. The van der Waals surface area contributed by atoms with E-state index in [1.165, 1.54) is 6.07 Å². The molecule has 1 amide bonds. The van der Waals surface area contributed by atoms with Crippen LogP contribution in [0.5, 0.6) is 0 Å². The summed E-state index contributed by atoms with van der Waals surface area (Å²) in [6.45, 7) is 8.56. The largest absolute Gasteiger partial charge is 0.478 e. The van der Waals surface area contributed by atoms with Crippen LogP contribution in [0.4, 0.5) is 16.2 Å². The molecule has 1 fully saturated rings. The molecule has 0 aromatic heterocycles. The summed E-state index contributed by atoms with van der Waals surface area (Å²) in [5.74, 6) is -1.03. The number of amides is 1. The van der Waals surface area contributed by atoms with E-state index in [9.17, 15) is 14.7 Å². The van der Waals surface area contributed by atoms with Gasteiger partial charge in [-0.25, -0.2) is 9.59 Å². The summed E-state index contributed by atoms with van der Waals surface area (Å²) in [5.41, 5.74) is 0.702. The van der Waals surface area contributed by atoms with E-state index >= 15 is 0 Å².